The molecule has 0 fully saturated rings. The van der Waals surface area contributed by atoms with Gasteiger partial charge in [0, 0.05) is 0 Å². The van der Waals surface area contributed by atoms with Crippen LogP contribution in [0.1, 0.15) is 5.56 Å². The van der Waals surface area contributed by atoms with E-state index in [1.807, 2.05) is 6.92 Å². The predicted octanol–water partition coefficient (Wildman–Crippen LogP) is 2.36. The summed E-state index contributed by atoms with van der Waals surface area (Å²) >= 11 is 0. The Morgan fingerprint density at radius 2 is 1.57 bits per heavy atom. The van der Waals surface area contributed by atoms with Gasteiger partial charge in [-0.05, 0) is 43.3 Å². The van der Waals surface area contributed by atoms with Crippen LogP contribution < -0.4 is 9.04 Å². The summed E-state index contributed by atoms with van der Waals surface area (Å²) < 4.78 is 30.7. The standard InChI is InChI=1S/C15H15NO4S/c1-12-3-9-15(10-4-12)21(18,19)16(11-17)13-5-7-14(20-2)8-6-13/h3-11H,1-2H3. The van der Waals surface area contributed by atoms with Gasteiger partial charge in [0.2, 0.25) is 6.41 Å². The van der Waals surface area contributed by atoms with E-state index in [-0.39, 0.29) is 17.0 Å². The first-order valence-electron chi connectivity index (χ1n) is 6.19. The minimum atomic E-state index is -3.92. The molecule has 0 N–H and O–H groups in total. The first-order valence-corrected chi connectivity index (χ1v) is 7.63. The van der Waals surface area contributed by atoms with E-state index in [0.717, 1.165) is 5.56 Å². The number of benzene rings is 2. The topological polar surface area (TPSA) is 63.7 Å². The van der Waals surface area contributed by atoms with E-state index >= 15 is 0 Å². The lowest BCUT2D eigenvalue weighted by Gasteiger charge is -2.18. The molecular formula is C15H15NO4S. The molecular weight excluding hydrogens is 290 g/mol. The van der Waals surface area contributed by atoms with Gasteiger partial charge in [0.05, 0.1) is 17.7 Å². The smallest absolute Gasteiger partial charge is 0.270 e. The van der Waals surface area contributed by atoms with Gasteiger partial charge in [0.25, 0.3) is 10.0 Å². The quantitative estimate of drug-likeness (QED) is 0.796. The number of anilines is 1. The van der Waals surface area contributed by atoms with Crippen LogP contribution in [0.2, 0.25) is 0 Å². The molecule has 6 heteroatoms. The van der Waals surface area contributed by atoms with Crippen molar-refractivity contribution in [3.8, 4) is 5.75 Å². The molecule has 2 aromatic rings. The van der Waals surface area contributed by atoms with Crippen molar-refractivity contribution in [3.63, 3.8) is 0 Å². The highest BCUT2D eigenvalue weighted by Crippen LogP contribution is 2.24. The summed E-state index contributed by atoms with van der Waals surface area (Å²) in [5.41, 5.74) is 1.20. The van der Waals surface area contributed by atoms with Crippen molar-refractivity contribution in [2.75, 3.05) is 11.4 Å². The number of carbonyl (C=O) groups is 1. The zero-order valence-corrected chi connectivity index (χ0v) is 12.5. The Morgan fingerprint density at radius 1 is 1.00 bits per heavy atom. The summed E-state index contributed by atoms with van der Waals surface area (Å²) in [6.07, 6.45) is 0.289. The van der Waals surface area contributed by atoms with Crippen molar-refractivity contribution >= 4 is 22.1 Å². The van der Waals surface area contributed by atoms with E-state index in [9.17, 15) is 13.2 Å². The van der Waals surface area contributed by atoms with Crippen LogP contribution in [-0.4, -0.2) is 21.9 Å². The van der Waals surface area contributed by atoms with Crippen LogP contribution in [0.3, 0.4) is 0 Å². The Hall–Kier alpha value is -2.34. The molecule has 110 valence electrons. The van der Waals surface area contributed by atoms with Gasteiger partial charge in [-0.15, -0.1) is 0 Å². The first kappa shape index (κ1) is 15.1. The summed E-state index contributed by atoms with van der Waals surface area (Å²) in [6.45, 7) is 1.86. The molecule has 1 amide bonds. The third-order valence-electron chi connectivity index (χ3n) is 3.00. The van der Waals surface area contributed by atoms with Crippen molar-refractivity contribution in [3.05, 3.63) is 54.1 Å². The van der Waals surface area contributed by atoms with E-state index in [1.54, 1.807) is 24.3 Å². The maximum Gasteiger partial charge on any atom is 0.270 e. The molecule has 2 aromatic carbocycles. The molecule has 0 aliphatic heterocycles. The highest BCUT2D eigenvalue weighted by atomic mass is 32.2. The van der Waals surface area contributed by atoms with Crippen LogP contribution in [0.4, 0.5) is 5.69 Å². The van der Waals surface area contributed by atoms with Crippen molar-refractivity contribution < 1.29 is 17.9 Å². The second-order valence-electron chi connectivity index (χ2n) is 4.42. The molecule has 0 bridgehead atoms. The summed E-state index contributed by atoms with van der Waals surface area (Å²) in [6, 6.07) is 12.5. The first-order chi connectivity index (χ1) is 9.98. The highest BCUT2D eigenvalue weighted by Gasteiger charge is 2.24. The molecule has 0 atom stereocenters. The van der Waals surface area contributed by atoms with E-state index < -0.39 is 10.0 Å². The Balaban J connectivity index is 2.43. The number of ether oxygens (including phenoxy) is 1. The summed E-state index contributed by atoms with van der Waals surface area (Å²) in [5.74, 6) is 0.581. The lowest BCUT2D eigenvalue weighted by molar-refractivity contribution is -0.106. The van der Waals surface area contributed by atoms with Gasteiger partial charge in [-0.2, -0.15) is 0 Å². The van der Waals surface area contributed by atoms with Gasteiger partial charge in [-0.25, -0.2) is 12.7 Å². The molecule has 0 spiro atoms. The lowest BCUT2D eigenvalue weighted by atomic mass is 10.2. The fraction of sp³-hybridized carbons (Fsp3) is 0.133. The van der Waals surface area contributed by atoms with Crippen molar-refractivity contribution in [2.24, 2.45) is 0 Å². The monoisotopic (exact) mass is 305 g/mol. The van der Waals surface area contributed by atoms with Crippen LogP contribution in [0, 0.1) is 6.92 Å². The Bertz CT molecular complexity index is 721. The number of amides is 1. The summed E-state index contributed by atoms with van der Waals surface area (Å²) in [4.78, 5) is 11.3. The normalized spacial score (nSPS) is 11.0. The summed E-state index contributed by atoms with van der Waals surface area (Å²) in [7, 11) is -2.41. The molecule has 0 aromatic heterocycles. The van der Waals surface area contributed by atoms with Crippen LogP contribution in [0.5, 0.6) is 5.75 Å². The van der Waals surface area contributed by atoms with Gasteiger partial charge >= 0.3 is 0 Å². The second-order valence-corrected chi connectivity index (χ2v) is 6.23. The Morgan fingerprint density at radius 3 is 2.05 bits per heavy atom. The van der Waals surface area contributed by atoms with Gasteiger partial charge in [-0.1, -0.05) is 17.7 Å². The van der Waals surface area contributed by atoms with Gasteiger partial charge < -0.3 is 4.74 Å². The predicted molar refractivity (Wildman–Crippen MR) is 79.9 cm³/mol. The van der Waals surface area contributed by atoms with Crippen LogP contribution >= 0.6 is 0 Å². The maximum atomic E-state index is 12.5. The summed E-state index contributed by atoms with van der Waals surface area (Å²) in [5, 5.41) is 0. The molecule has 0 radical (unpaired) electrons. The minimum Gasteiger partial charge on any atom is -0.497 e. The molecule has 0 aliphatic carbocycles. The van der Waals surface area contributed by atoms with Crippen LogP contribution in [0.25, 0.3) is 0 Å². The van der Waals surface area contributed by atoms with Gasteiger partial charge in [0.1, 0.15) is 5.75 Å². The molecule has 0 unspecified atom stereocenters. The van der Waals surface area contributed by atoms with E-state index in [1.165, 1.54) is 31.4 Å². The molecule has 0 heterocycles. The maximum absolute atomic E-state index is 12.5. The molecule has 0 saturated carbocycles. The number of rotatable bonds is 5. The van der Waals surface area contributed by atoms with E-state index in [0.29, 0.717) is 10.1 Å². The van der Waals surface area contributed by atoms with E-state index in [4.69, 9.17) is 4.74 Å². The zero-order chi connectivity index (χ0) is 15.5. The van der Waals surface area contributed by atoms with Crippen LogP contribution in [0.15, 0.2) is 53.4 Å². The third-order valence-corrected chi connectivity index (χ3v) is 4.68. The molecule has 2 rings (SSSR count). The molecule has 5 nitrogen and oxygen atoms in total. The number of carbonyl (C=O) groups excluding carboxylic acids is 1. The average Bonchev–Trinajstić information content (AvgIpc) is 2.49. The Kier molecular flexibility index (Phi) is 4.28. The number of hydrogen-bond acceptors (Lipinski definition) is 4. The fourth-order valence-electron chi connectivity index (χ4n) is 1.81. The number of sulfonamides is 1. The SMILES string of the molecule is COc1ccc(N(C=O)S(=O)(=O)c2ccc(C)cc2)cc1. The number of nitrogens with zero attached hydrogens (tertiary/aromatic N) is 1. The largest absolute Gasteiger partial charge is 0.497 e. The van der Waals surface area contributed by atoms with E-state index in [2.05, 4.69) is 0 Å². The van der Waals surface area contributed by atoms with Crippen molar-refractivity contribution in [1.82, 2.24) is 0 Å². The second kappa shape index (κ2) is 5.97. The highest BCUT2D eigenvalue weighted by molar-refractivity contribution is 7.93. The molecule has 21 heavy (non-hydrogen) atoms. The van der Waals surface area contributed by atoms with Gasteiger partial charge in [0.15, 0.2) is 0 Å². The van der Waals surface area contributed by atoms with Gasteiger partial charge in [-0.3, -0.25) is 4.79 Å². The number of methoxy groups -OCH3 is 1. The molecule has 0 saturated heterocycles. The number of aryl methyl sites for hydroxylation is 1. The zero-order valence-electron chi connectivity index (χ0n) is 11.7. The molecule has 0 aliphatic rings. The fourth-order valence-corrected chi connectivity index (χ4v) is 3.03. The van der Waals surface area contributed by atoms with Crippen molar-refractivity contribution in [2.45, 2.75) is 11.8 Å². The Labute approximate surface area is 123 Å². The lowest BCUT2D eigenvalue weighted by Crippen LogP contribution is -2.29. The number of hydrogen-bond donors (Lipinski definition) is 0. The third kappa shape index (κ3) is 3.05. The van der Waals surface area contributed by atoms with Crippen LogP contribution in [-0.2, 0) is 14.8 Å². The van der Waals surface area contributed by atoms with Crippen molar-refractivity contribution in [1.29, 1.82) is 0 Å². The minimum absolute atomic E-state index is 0.0658. The average molecular weight is 305 g/mol.